The van der Waals surface area contributed by atoms with Gasteiger partial charge in [0.05, 0.1) is 0 Å². The van der Waals surface area contributed by atoms with Gasteiger partial charge in [-0.1, -0.05) is 52.4 Å². The van der Waals surface area contributed by atoms with Crippen molar-refractivity contribution in [2.24, 2.45) is 23.5 Å². The van der Waals surface area contributed by atoms with Crippen molar-refractivity contribution in [2.75, 3.05) is 0 Å². The van der Waals surface area contributed by atoms with Crippen molar-refractivity contribution >= 4 is 0 Å². The normalized spacial score (nSPS) is 41.5. The molecule has 4 unspecified atom stereocenters. The highest BCUT2D eigenvalue weighted by molar-refractivity contribution is 5.02. The highest BCUT2D eigenvalue weighted by Crippen LogP contribution is 2.49. The summed E-state index contributed by atoms with van der Waals surface area (Å²) in [5.41, 5.74) is 7.02. The average Bonchev–Trinajstić information content (AvgIpc) is 2.33. The van der Waals surface area contributed by atoms with Crippen LogP contribution in [0.3, 0.4) is 0 Å². The van der Waals surface area contributed by atoms with Crippen molar-refractivity contribution in [2.45, 2.75) is 83.6 Å². The minimum absolute atomic E-state index is 0.185. The molecule has 0 spiro atoms. The van der Waals surface area contributed by atoms with E-state index in [0.29, 0.717) is 0 Å². The van der Waals surface area contributed by atoms with Crippen molar-refractivity contribution < 1.29 is 0 Å². The smallest absolute Gasteiger partial charge is 0.0209 e. The quantitative estimate of drug-likeness (QED) is 0.700. The van der Waals surface area contributed by atoms with Crippen molar-refractivity contribution in [1.29, 1.82) is 0 Å². The summed E-state index contributed by atoms with van der Waals surface area (Å²) in [5, 5.41) is 0. The monoisotopic (exact) mass is 237 g/mol. The Hall–Kier alpha value is -0.0400. The number of hydrogen-bond acceptors (Lipinski definition) is 1. The molecule has 1 nitrogen and oxygen atoms in total. The van der Waals surface area contributed by atoms with Crippen LogP contribution < -0.4 is 5.73 Å². The topological polar surface area (TPSA) is 26.0 Å². The molecule has 0 amide bonds. The van der Waals surface area contributed by atoms with Crippen LogP contribution in [0.1, 0.15) is 78.1 Å². The highest BCUT2D eigenvalue weighted by Gasteiger charge is 2.46. The van der Waals surface area contributed by atoms with Gasteiger partial charge in [0.25, 0.3) is 0 Å². The summed E-state index contributed by atoms with van der Waals surface area (Å²) in [7, 11) is 0. The molecule has 2 fully saturated rings. The van der Waals surface area contributed by atoms with Crippen molar-refractivity contribution in [3.8, 4) is 0 Å². The Labute approximate surface area is 108 Å². The predicted molar refractivity (Wildman–Crippen MR) is 74.9 cm³/mol. The van der Waals surface area contributed by atoms with E-state index in [9.17, 15) is 0 Å². The fourth-order valence-corrected chi connectivity index (χ4v) is 4.42. The maximum absolute atomic E-state index is 6.84. The zero-order valence-corrected chi connectivity index (χ0v) is 11.9. The zero-order valence-electron chi connectivity index (χ0n) is 11.9. The van der Waals surface area contributed by atoms with Crippen LogP contribution in [-0.2, 0) is 0 Å². The second kappa shape index (κ2) is 5.73. The number of unbranched alkanes of at least 4 members (excludes halogenated alkanes) is 3. The Kier molecular flexibility index (Phi) is 4.52. The van der Waals surface area contributed by atoms with Crippen LogP contribution in [0.2, 0.25) is 0 Å². The predicted octanol–water partition coefficient (Wildman–Crippen LogP) is 4.50. The van der Waals surface area contributed by atoms with Crippen molar-refractivity contribution in [3.63, 3.8) is 0 Å². The lowest BCUT2D eigenvalue weighted by Gasteiger charge is -2.51. The molecular weight excluding hydrogens is 206 g/mol. The third kappa shape index (κ3) is 2.86. The molecule has 0 aromatic heterocycles. The van der Waals surface area contributed by atoms with Gasteiger partial charge in [0.2, 0.25) is 0 Å². The number of hydrogen-bond donors (Lipinski definition) is 1. The molecule has 0 aromatic rings. The van der Waals surface area contributed by atoms with E-state index in [4.69, 9.17) is 5.73 Å². The van der Waals surface area contributed by atoms with Crippen LogP contribution in [-0.4, -0.2) is 5.54 Å². The van der Waals surface area contributed by atoms with Crippen LogP contribution in [0.5, 0.6) is 0 Å². The number of fused-ring (bicyclic) bond motifs is 2. The minimum Gasteiger partial charge on any atom is -0.325 e. The Morgan fingerprint density at radius 3 is 2.71 bits per heavy atom. The number of rotatable bonds is 5. The van der Waals surface area contributed by atoms with Crippen molar-refractivity contribution in [3.05, 3.63) is 0 Å². The largest absolute Gasteiger partial charge is 0.325 e. The zero-order chi connectivity index (χ0) is 12.3. The van der Waals surface area contributed by atoms with E-state index in [0.717, 1.165) is 17.8 Å². The summed E-state index contributed by atoms with van der Waals surface area (Å²) in [6.45, 7) is 4.71. The lowest BCUT2D eigenvalue weighted by molar-refractivity contribution is 0.0362. The van der Waals surface area contributed by atoms with Gasteiger partial charge in [-0.15, -0.1) is 0 Å². The molecule has 4 atom stereocenters. The van der Waals surface area contributed by atoms with E-state index < -0.39 is 0 Å². The fraction of sp³-hybridized carbons (Fsp3) is 1.00. The molecule has 2 bridgehead atoms. The average molecular weight is 237 g/mol. The van der Waals surface area contributed by atoms with E-state index >= 15 is 0 Å². The summed E-state index contributed by atoms with van der Waals surface area (Å²) in [6.07, 6.45) is 13.9. The molecular formula is C16H31N. The van der Waals surface area contributed by atoms with Gasteiger partial charge in [-0.3, -0.25) is 0 Å². The SMILES string of the molecule is CCCCCCC1(N)C(C)CC2CCCC1C2. The Bertz CT molecular complexity index is 236. The maximum atomic E-state index is 6.84. The van der Waals surface area contributed by atoms with Crippen molar-refractivity contribution in [1.82, 2.24) is 0 Å². The second-order valence-electron chi connectivity index (χ2n) is 6.79. The van der Waals surface area contributed by atoms with Gasteiger partial charge in [-0.05, 0) is 43.4 Å². The summed E-state index contributed by atoms with van der Waals surface area (Å²) in [5.74, 6) is 2.61. The first kappa shape index (κ1) is 13.4. The molecule has 0 aliphatic heterocycles. The molecule has 0 radical (unpaired) electrons. The third-order valence-corrected chi connectivity index (χ3v) is 5.61. The molecule has 0 saturated heterocycles. The van der Waals surface area contributed by atoms with Gasteiger partial charge in [0.15, 0.2) is 0 Å². The van der Waals surface area contributed by atoms with Gasteiger partial charge in [-0.2, -0.15) is 0 Å². The minimum atomic E-state index is 0.185. The van der Waals surface area contributed by atoms with E-state index in [-0.39, 0.29) is 5.54 Å². The van der Waals surface area contributed by atoms with Crippen LogP contribution >= 0.6 is 0 Å². The molecule has 0 aromatic carbocycles. The van der Waals surface area contributed by atoms with Crippen LogP contribution in [0, 0.1) is 17.8 Å². The summed E-state index contributed by atoms with van der Waals surface area (Å²) in [4.78, 5) is 0. The molecule has 17 heavy (non-hydrogen) atoms. The Morgan fingerprint density at radius 1 is 1.12 bits per heavy atom. The standard InChI is InChI=1S/C16H31N/c1-3-4-5-6-10-16(17)13(2)11-14-8-7-9-15(16)12-14/h13-15H,3-12,17H2,1-2H3. The first-order valence-corrected chi connectivity index (χ1v) is 7.95. The second-order valence-corrected chi connectivity index (χ2v) is 6.79. The van der Waals surface area contributed by atoms with E-state index in [2.05, 4.69) is 13.8 Å². The van der Waals surface area contributed by atoms with Gasteiger partial charge in [0.1, 0.15) is 0 Å². The molecule has 2 aliphatic carbocycles. The lowest BCUT2D eigenvalue weighted by Crippen LogP contribution is -2.57. The van der Waals surface area contributed by atoms with Gasteiger partial charge in [-0.25, -0.2) is 0 Å². The number of nitrogens with two attached hydrogens (primary N) is 1. The molecule has 2 rings (SSSR count). The first-order valence-electron chi connectivity index (χ1n) is 7.95. The molecule has 2 N–H and O–H groups in total. The molecule has 1 heteroatoms. The maximum Gasteiger partial charge on any atom is 0.0209 e. The van der Waals surface area contributed by atoms with E-state index in [1.54, 1.807) is 0 Å². The molecule has 2 saturated carbocycles. The van der Waals surface area contributed by atoms with Gasteiger partial charge >= 0.3 is 0 Å². The van der Waals surface area contributed by atoms with E-state index in [1.165, 1.54) is 64.2 Å². The Balaban J connectivity index is 1.91. The van der Waals surface area contributed by atoms with Crippen LogP contribution in [0.25, 0.3) is 0 Å². The van der Waals surface area contributed by atoms with Gasteiger partial charge < -0.3 is 5.73 Å². The summed E-state index contributed by atoms with van der Waals surface area (Å²) < 4.78 is 0. The van der Waals surface area contributed by atoms with Crippen LogP contribution in [0.15, 0.2) is 0 Å². The first-order chi connectivity index (χ1) is 8.16. The Morgan fingerprint density at radius 2 is 1.94 bits per heavy atom. The lowest BCUT2D eigenvalue weighted by atomic mass is 9.57. The molecule has 100 valence electrons. The summed E-state index contributed by atoms with van der Waals surface area (Å²) >= 11 is 0. The fourth-order valence-electron chi connectivity index (χ4n) is 4.42. The highest BCUT2D eigenvalue weighted by atomic mass is 14.8. The van der Waals surface area contributed by atoms with Crippen LogP contribution in [0.4, 0.5) is 0 Å². The summed E-state index contributed by atoms with van der Waals surface area (Å²) in [6, 6.07) is 0. The van der Waals surface area contributed by atoms with E-state index in [1.807, 2.05) is 0 Å². The third-order valence-electron chi connectivity index (χ3n) is 5.61. The molecule has 0 heterocycles. The molecule has 2 aliphatic rings. The van der Waals surface area contributed by atoms with Gasteiger partial charge in [0, 0.05) is 5.54 Å².